The van der Waals surface area contributed by atoms with Crippen molar-refractivity contribution in [1.29, 1.82) is 0 Å². The molecule has 3 unspecified atom stereocenters. The van der Waals surface area contributed by atoms with E-state index in [1.807, 2.05) is 6.92 Å². The lowest BCUT2D eigenvalue weighted by molar-refractivity contribution is -0.274. The molecule has 0 radical (unpaired) electrons. The van der Waals surface area contributed by atoms with Crippen molar-refractivity contribution in [3.63, 3.8) is 0 Å². The molecule has 180 valence electrons. The summed E-state index contributed by atoms with van der Waals surface area (Å²) in [7, 11) is 0. The first-order chi connectivity index (χ1) is 14.9. The van der Waals surface area contributed by atoms with Crippen LogP contribution in [-0.2, 0) is 4.74 Å². The summed E-state index contributed by atoms with van der Waals surface area (Å²) in [5.74, 6) is 1.35. The topological polar surface area (TPSA) is 49.3 Å². The summed E-state index contributed by atoms with van der Waals surface area (Å²) < 4.78 is 47.9. The van der Waals surface area contributed by atoms with Gasteiger partial charge in [-0.2, -0.15) is 0 Å². The number of alkyl halides is 3. The number of hydrogen-bond donors (Lipinski definition) is 1. The monoisotopic (exact) mass is 568 g/mol. The maximum atomic E-state index is 12.7. The number of para-hydroxylation sites is 1. The number of guanidine groups is 1. The van der Waals surface area contributed by atoms with E-state index in [9.17, 15) is 13.2 Å². The lowest BCUT2D eigenvalue weighted by atomic mass is 10.1. The molecule has 0 amide bonds. The maximum Gasteiger partial charge on any atom is 0.573 e. The molecule has 32 heavy (non-hydrogen) atoms. The summed E-state index contributed by atoms with van der Waals surface area (Å²) >= 11 is 0. The van der Waals surface area contributed by atoms with Crippen molar-refractivity contribution >= 4 is 29.9 Å². The van der Waals surface area contributed by atoms with Gasteiger partial charge in [0.25, 0.3) is 0 Å². The van der Waals surface area contributed by atoms with Gasteiger partial charge in [-0.15, -0.1) is 37.1 Å². The lowest BCUT2D eigenvalue weighted by Gasteiger charge is -2.29. The van der Waals surface area contributed by atoms with E-state index in [1.165, 1.54) is 6.07 Å². The minimum Gasteiger partial charge on any atom is -0.405 e. The van der Waals surface area contributed by atoms with E-state index in [1.54, 1.807) is 18.2 Å². The first-order valence-electron chi connectivity index (χ1n) is 11.1. The number of ether oxygens (including phenoxy) is 2. The standard InChI is InChI=1S/C22H31F3N4O2.HI/c1-2-26-21(29-8-7-16(15-29)14-28-9-11-30-12-10-28)27-19-13-18(19)17-5-3-4-6-20(17)31-22(23,24)25;/h3-6,16,18-19H,2,7-15H2,1H3,(H,26,27);1H. The Morgan fingerprint density at radius 1 is 1.22 bits per heavy atom. The molecule has 1 aromatic carbocycles. The second-order valence-electron chi connectivity index (χ2n) is 8.49. The summed E-state index contributed by atoms with van der Waals surface area (Å²) in [5, 5.41) is 3.50. The summed E-state index contributed by atoms with van der Waals surface area (Å²) in [4.78, 5) is 9.43. The Bertz CT molecular complexity index is 774. The SMILES string of the molecule is CCN=C(NC1CC1c1ccccc1OC(F)(F)F)N1CCC(CN2CCOCC2)C1.I. The Morgan fingerprint density at radius 3 is 2.69 bits per heavy atom. The molecule has 0 spiro atoms. The number of rotatable bonds is 6. The number of benzene rings is 1. The Labute approximate surface area is 204 Å². The van der Waals surface area contributed by atoms with Crippen molar-refractivity contribution in [2.24, 2.45) is 10.9 Å². The predicted octanol–water partition coefficient (Wildman–Crippen LogP) is 3.68. The van der Waals surface area contributed by atoms with Crippen molar-refractivity contribution in [2.75, 3.05) is 52.5 Å². The van der Waals surface area contributed by atoms with Crippen LogP contribution in [0.2, 0.25) is 0 Å². The van der Waals surface area contributed by atoms with E-state index in [4.69, 9.17) is 4.74 Å². The molecule has 2 heterocycles. The molecule has 1 N–H and O–H groups in total. The van der Waals surface area contributed by atoms with Crippen LogP contribution in [0.1, 0.15) is 31.2 Å². The molecule has 10 heteroatoms. The van der Waals surface area contributed by atoms with E-state index < -0.39 is 6.36 Å². The van der Waals surface area contributed by atoms with Gasteiger partial charge in [0.15, 0.2) is 5.96 Å². The Kier molecular flexibility index (Phi) is 8.90. The van der Waals surface area contributed by atoms with Gasteiger partial charge in [0.2, 0.25) is 0 Å². The van der Waals surface area contributed by atoms with Crippen LogP contribution in [0.15, 0.2) is 29.3 Å². The third kappa shape index (κ3) is 6.86. The van der Waals surface area contributed by atoms with Gasteiger partial charge in [0.05, 0.1) is 13.2 Å². The van der Waals surface area contributed by atoms with Crippen LogP contribution >= 0.6 is 24.0 Å². The quantitative estimate of drug-likeness (QED) is 0.323. The van der Waals surface area contributed by atoms with Crippen molar-refractivity contribution in [1.82, 2.24) is 15.1 Å². The first-order valence-corrected chi connectivity index (χ1v) is 11.1. The van der Waals surface area contributed by atoms with Gasteiger partial charge in [-0.25, -0.2) is 0 Å². The number of likely N-dealkylation sites (tertiary alicyclic amines) is 1. The Morgan fingerprint density at radius 2 is 1.97 bits per heavy atom. The average molecular weight is 568 g/mol. The van der Waals surface area contributed by atoms with Gasteiger partial charge in [-0.3, -0.25) is 9.89 Å². The molecule has 1 aliphatic carbocycles. The number of nitrogens with one attached hydrogen (secondary N) is 1. The van der Waals surface area contributed by atoms with Crippen LogP contribution in [-0.4, -0.2) is 80.6 Å². The molecule has 3 fully saturated rings. The van der Waals surface area contributed by atoms with Gasteiger partial charge in [-0.1, -0.05) is 18.2 Å². The first kappa shape index (κ1) is 25.4. The third-order valence-electron chi connectivity index (χ3n) is 6.16. The summed E-state index contributed by atoms with van der Waals surface area (Å²) in [5.41, 5.74) is 0.597. The molecule has 1 aromatic rings. The molecule has 4 rings (SSSR count). The van der Waals surface area contributed by atoms with E-state index in [-0.39, 0.29) is 41.7 Å². The Hall–Kier alpha value is -1.27. The fourth-order valence-electron chi connectivity index (χ4n) is 4.58. The van der Waals surface area contributed by atoms with E-state index in [0.717, 1.165) is 64.7 Å². The molecule has 2 aliphatic heterocycles. The zero-order chi connectivity index (χ0) is 21.8. The average Bonchev–Trinajstić information content (AvgIpc) is 3.34. The number of aliphatic imine (C=N–C) groups is 1. The molecule has 3 atom stereocenters. The molecule has 0 bridgehead atoms. The number of hydrogen-bond acceptors (Lipinski definition) is 4. The summed E-state index contributed by atoms with van der Waals surface area (Å²) in [6.07, 6.45) is -2.79. The van der Waals surface area contributed by atoms with Gasteiger partial charge in [-0.05, 0) is 37.3 Å². The highest BCUT2D eigenvalue weighted by atomic mass is 127. The largest absolute Gasteiger partial charge is 0.573 e. The van der Waals surface area contributed by atoms with Crippen LogP contribution in [0.3, 0.4) is 0 Å². The Balaban J connectivity index is 0.00000289. The van der Waals surface area contributed by atoms with E-state index in [2.05, 4.69) is 24.8 Å². The van der Waals surface area contributed by atoms with E-state index >= 15 is 0 Å². The second kappa shape index (κ2) is 11.2. The maximum absolute atomic E-state index is 12.7. The van der Waals surface area contributed by atoms with Gasteiger partial charge >= 0.3 is 6.36 Å². The minimum atomic E-state index is -4.69. The molecule has 2 saturated heterocycles. The highest BCUT2D eigenvalue weighted by molar-refractivity contribution is 14.0. The van der Waals surface area contributed by atoms with Crippen LogP contribution in [0.4, 0.5) is 13.2 Å². The zero-order valence-corrected chi connectivity index (χ0v) is 20.6. The zero-order valence-electron chi connectivity index (χ0n) is 18.3. The number of morpholine rings is 1. The molecular weight excluding hydrogens is 536 g/mol. The smallest absolute Gasteiger partial charge is 0.405 e. The van der Waals surface area contributed by atoms with Crippen molar-refractivity contribution in [3.8, 4) is 5.75 Å². The molecule has 1 saturated carbocycles. The summed E-state index contributed by atoms with van der Waals surface area (Å²) in [6, 6.07) is 6.50. The normalized spacial score (nSPS) is 26.6. The number of halogens is 4. The fourth-order valence-corrected chi connectivity index (χ4v) is 4.58. The van der Waals surface area contributed by atoms with Gasteiger partial charge < -0.3 is 19.7 Å². The van der Waals surface area contributed by atoms with Crippen LogP contribution in [0, 0.1) is 5.92 Å². The van der Waals surface area contributed by atoms with Crippen molar-refractivity contribution in [3.05, 3.63) is 29.8 Å². The molecule has 0 aromatic heterocycles. The highest BCUT2D eigenvalue weighted by Gasteiger charge is 2.43. The lowest BCUT2D eigenvalue weighted by Crippen LogP contribution is -2.43. The van der Waals surface area contributed by atoms with Crippen molar-refractivity contribution < 1.29 is 22.6 Å². The minimum absolute atomic E-state index is 0. The van der Waals surface area contributed by atoms with Crippen LogP contribution in [0.5, 0.6) is 5.75 Å². The van der Waals surface area contributed by atoms with Gasteiger partial charge in [0.1, 0.15) is 5.75 Å². The fraction of sp³-hybridized carbons (Fsp3) is 0.682. The van der Waals surface area contributed by atoms with Gasteiger partial charge in [0, 0.05) is 51.2 Å². The van der Waals surface area contributed by atoms with E-state index in [0.29, 0.717) is 18.0 Å². The summed E-state index contributed by atoms with van der Waals surface area (Å²) in [6.45, 7) is 9.25. The highest BCUT2D eigenvalue weighted by Crippen LogP contribution is 2.45. The molecule has 6 nitrogen and oxygen atoms in total. The molecular formula is C22H32F3IN4O2. The second-order valence-corrected chi connectivity index (χ2v) is 8.49. The van der Waals surface area contributed by atoms with Crippen LogP contribution < -0.4 is 10.1 Å². The molecule has 3 aliphatic rings. The predicted molar refractivity (Wildman–Crippen MR) is 128 cm³/mol. The third-order valence-corrected chi connectivity index (χ3v) is 6.16. The van der Waals surface area contributed by atoms with Crippen molar-refractivity contribution in [2.45, 2.75) is 38.1 Å². The number of nitrogens with zero attached hydrogens (tertiary/aromatic N) is 3. The van der Waals surface area contributed by atoms with Crippen LogP contribution in [0.25, 0.3) is 0 Å².